The molecule has 112 valence electrons. The Balaban J connectivity index is 2.07. The molecule has 1 N–H and O–H groups in total. The average molecular weight is 287 g/mol. The Morgan fingerprint density at radius 2 is 1.95 bits per heavy atom. The van der Waals surface area contributed by atoms with Crippen molar-refractivity contribution in [2.75, 3.05) is 18.1 Å². The molecule has 0 aromatic carbocycles. The Hall–Kier alpha value is -0.0900. The van der Waals surface area contributed by atoms with E-state index < -0.39 is 9.84 Å². The average Bonchev–Trinajstić information content (AvgIpc) is 2.70. The van der Waals surface area contributed by atoms with Gasteiger partial charge in [-0.25, -0.2) is 8.42 Å². The van der Waals surface area contributed by atoms with E-state index in [0.29, 0.717) is 29.4 Å². The van der Waals surface area contributed by atoms with E-state index in [4.69, 9.17) is 0 Å². The summed E-state index contributed by atoms with van der Waals surface area (Å²) in [5.41, 5.74) is 0. The first kappa shape index (κ1) is 15.3. The molecule has 1 aliphatic carbocycles. The van der Waals surface area contributed by atoms with Crippen LogP contribution in [0.3, 0.4) is 0 Å². The van der Waals surface area contributed by atoms with Crippen molar-refractivity contribution in [2.45, 2.75) is 52.5 Å². The first-order chi connectivity index (χ1) is 8.93. The third-order valence-corrected chi connectivity index (χ3v) is 7.02. The van der Waals surface area contributed by atoms with Crippen LogP contribution in [-0.4, -0.2) is 32.5 Å². The molecule has 2 fully saturated rings. The second-order valence-corrected chi connectivity index (χ2v) is 9.04. The summed E-state index contributed by atoms with van der Waals surface area (Å²) in [6.07, 6.45) is 4.62. The van der Waals surface area contributed by atoms with Crippen LogP contribution in [0.1, 0.15) is 46.5 Å². The predicted octanol–water partition coefficient (Wildman–Crippen LogP) is 2.47. The Morgan fingerprint density at radius 1 is 1.21 bits per heavy atom. The van der Waals surface area contributed by atoms with Crippen LogP contribution >= 0.6 is 0 Å². The zero-order valence-electron chi connectivity index (χ0n) is 12.6. The van der Waals surface area contributed by atoms with Crippen molar-refractivity contribution in [1.29, 1.82) is 0 Å². The highest BCUT2D eigenvalue weighted by molar-refractivity contribution is 7.91. The van der Waals surface area contributed by atoms with Crippen LogP contribution in [0.5, 0.6) is 0 Å². The zero-order chi connectivity index (χ0) is 14.0. The lowest BCUT2D eigenvalue weighted by Crippen LogP contribution is -2.44. The molecule has 4 unspecified atom stereocenters. The van der Waals surface area contributed by atoms with E-state index in [1.165, 1.54) is 19.3 Å². The first-order valence-electron chi connectivity index (χ1n) is 7.86. The largest absolute Gasteiger partial charge is 0.314 e. The third-order valence-electron chi connectivity index (χ3n) is 5.22. The normalized spacial score (nSPS) is 38.7. The second kappa shape index (κ2) is 6.13. The van der Waals surface area contributed by atoms with Crippen LogP contribution in [0.25, 0.3) is 0 Å². The van der Waals surface area contributed by atoms with Crippen LogP contribution in [0.4, 0.5) is 0 Å². The molecule has 1 heterocycles. The Morgan fingerprint density at radius 3 is 2.47 bits per heavy atom. The van der Waals surface area contributed by atoms with Crippen molar-refractivity contribution < 1.29 is 8.42 Å². The minimum absolute atomic E-state index is 0.399. The van der Waals surface area contributed by atoms with E-state index in [1.807, 2.05) is 0 Å². The maximum Gasteiger partial charge on any atom is 0.150 e. The molecule has 0 aromatic rings. The van der Waals surface area contributed by atoms with Gasteiger partial charge in [0, 0.05) is 6.04 Å². The molecule has 0 aromatic heterocycles. The van der Waals surface area contributed by atoms with Gasteiger partial charge in [0.2, 0.25) is 0 Å². The van der Waals surface area contributed by atoms with Gasteiger partial charge < -0.3 is 5.32 Å². The Bertz CT molecular complexity index is 391. The number of hydrogen-bond donors (Lipinski definition) is 1. The van der Waals surface area contributed by atoms with Crippen molar-refractivity contribution >= 4 is 9.84 Å². The summed E-state index contributed by atoms with van der Waals surface area (Å²) < 4.78 is 23.5. The molecule has 1 saturated heterocycles. The fourth-order valence-electron chi connectivity index (χ4n) is 4.04. The smallest absolute Gasteiger partial charge is 0.150 e. The van der Waals surface area contributed by atoms with Crippen LogP contribution in [0.2, 0.25) is 0 Å². The molecule has 1 saturated carbocycles. The maximum atomic E-state index is 11.7. The molecule has 0 spiro atoms. The predicted molar refractivity (Wildman–Crippen MR) is 79.9 cm³/mol. The maximum absolute atomic E-state index is 11.7. The van der Waals surface area contributed by atoms with E-state index in [1.54, 1.807) is 0 Å². The van der Waals surface area contributed by atoms with E-state index in [2.05, 4.69) is 26.1 Å². The van der Waals surface area contributed by atoms with Crippen molar-refractivity contribution in [3.63, 3.8) is 0 Å². The number of sulfone groups is 1. The van der Waals surface area contributed by atoms with E-state index >= 15 is 0 Å². The molecule has 2 aliphatic rings. The summed E-state index contributed by atoms with van der Waals surface area (Å²) in [5, 5.41) is 3.60. The number of nitrogens with one attached hydrogen (secondary N) is 1. The SMILES string of the molecule is CCNC1CCC(C(C)C)CC1C1CCS(=O)(=O)C1. The van der Waals surface area contributed by atoms with Gasteiger partial charge in [-0.1, -0.05) is 20.8 Å². The molecule has 4 heteroatoms. The molecule has 0 amide bonds. The Kier molecular flexibility index (Phi) is 4.93. The summed E-state index contributed by atoms with van der Waals surface area (Å²) in [5.74, 6) is 3.32. The van der Waals surface area contributed by atoms with Gasteiger partial charge in [0.1, 0.15) is 0 Å². The third kappa shape index (κ3) is 3.72. The van der Waals surface area contributed by atoms with Crippen molar-refractivity contribution in [1.82, 2.24) is 5.32 Å². The van der Waals surface area contributed by atoms with E-state index in [-0.39, 0.29) is 0 Å². The summed E-state index contributed by atoms with van der Waals surface area (Å²) in [6, 6.07) is 0.540. The van der Waals surface area contributed by atoms with Crippen molar-refractivity contribution in [3.8, 4) is 0 Å². The molecule has 4 atom stereocenters. The molecule has 19 heavy (non-hydrogen) atoms. The molecule has 0 radical (unpaired) electrons. The van der Waals surface area contributed by atoms with Gasteiger partial charge >= 0.3 is 0 Å². The van der Waals surface area contributed by atoms with Gasteiger partial charge in [-0.3, -0.25) is 0 Å². The Labute approximate surface area is 118 Å². The van der Waals surface area contributed by atoms with Crippen LogP contribution < -0.4 is 5.32 Å². The summed E-state index contributed by atoms with van der Waals surface area (Å²) in [4.78, 5) is 0. The van der Waals surface area contributed by atoms with Crippen LogP contribution in [0.15, 0.2) is 0 Å². The van der Waals surface area contributed by atoms with E-state index in [9.17, 15) is 8.42 Å². The van der Waals surface area contributed by atoms with Crippen molar-refractivity contribution in [3.05, 3.63) is 0 Å². The molecule has 3 nitrogen and oxygen atoms in total. The topological polar surface area (TPSA) is 46.2 Å². The summed E-state index contributed by atoms with van der Waals surface area (Å²) >= 11 is 0. The summed E-state index contributed by atoms with van der Waals surface area (Å²) in [6.45, 7) is 7.76. The lowest BCUT2D eigenvalue weighted by atomic mass is 9.69. The lowest BCUT2D eigenvalue weighted by Gasteiger charge is -2.41. The van der Waals surface area contributed by atoms with Gasteiger partial charge in [0.15, 0.2) is 9.84 Å². The molecular formula is C15H29NO2S. The van der Waals surface area contributed by atoms with Crippen molar-refractivity contribution in [2.24, 2.45) is 23.7 Å². The minimum atomic E-state index is -2.75. The highest BCUT2D eigenvalue weighted by Gasteiger charge is 2.40. The fourth-order valence-corrected chi connectivity index (χ4v) is 5.94. The highest BCUT2D eigenvalue weighted by atomic mass is 32.2. The van der Waals surface area contributed by atoms with Gasteiger partial charge in [-0.15, -0.1) is 0 Å². The fraction of sp³-hybridized carbons (Fsp3) is 1.00. The van der Waals surface area contributed by atoms with E-state index in [0.717, 1.165) is 24.8 Å². The number of rotatable bonds is 4. The molecule has 2 rings (SSSR count). The van der Waals surface area contributed by atoms with Gasteiger partial charge in [0.25, 0.3) is 0 Å². The van der Waals surface area contributed by atoms with Gasteiger partial charge in [-0.05, 0) is 55.9 Å². The van der Waals surface area contributed by atoms with Crippen LogP contribution in [0, 0.1) is 23.7 Å². The zero-order valence-corrected chi connectivity index (χ0v) is 13.4. The van der Waals surface area contributed by atoms with Gasteiger partial charge in [0.05, 0.1) is 11.5 Å². The molecule has 0 bridgehead atoms. The highest BCUT2D eigenvalue weighted by Crippen LogP contribution is 2.41. The second-order valence-electron chi connectivity index (χ2n) is 6.81. The number of hydrogen-bond acceptors (Lipinski definition) is 3. The minimum Gasteiger partial charge on any atom is -0.314 e. The quantitative estimate of drug-likeness (QED) is 0.864. The lowest BCUT2D eigenvalue weighted by molar-refractivity contribution is 0.130. The van der Waals surface area contributed by atoms with Crippen LogP contribution in [-0.2, 0) is 9.84 Å². The monoisotopic (exact) mass is 287 g/mol. The molecule has 1 aliphatic heterocycles. The first-order valence-corrected chi connectivity index (χ1v) is 9.69. The molecular weight excluding hydrogens is 258 g/mol. The summed E-state index contributed by atoms with van der Waals surface area (Å²) in [7, 11) is -2.75. The van der Waals surface area contributed by atoms with Gasteiger partial charge in [-0.2, -0.15) is 0 Å². The standard InChI is InChI=1S/C15H29NO2S/c1-4-16-15-6-5-12(11(2)3)9-14(15)13-7-8-19(17,18)10-13/h11-16H,4-10H2,1-3H3.